The number of amides is 1. The van der Waals surface area contributed by atoms with Crippen LogP contribution in [0.1, 0.15) is 9.75 Å². The molecule has 0 saturated heterocycles. The summed E-state index contributed by atoms with van der Waals surface area (Å²) < 4.78 is 1.99. The Morgan fingerprint density at radius 2 is 1.54 bits per heavy atom. The molecule has 2 aromatic rings. The van der Waals surface area contributed by atoms with Crippen molar-refractivity contribution >= 4 is 78.6 Å². The molecule has 0 aliphatic rings. The van der Waals surface area contributed by atoms with E-state index in [1.54, 1.807) is 12.2 Å². The highest BCUT2D eigenvalue weighted by molar-refractivity contribution is 9.11. The monoisotopic (exact) mass is 489 g/mol. The van der Waals surface area contributed by atoms with Crippen LogP contribution in [-0.2, 0) is 9.59 Å². The summed E-state index contributed by atoms with van der Waals surface area (Å²) in [5.41, 5.74) is 7.94. The van der Waals surface area contributed by atoms with E-state index in [-0.39, 0.29) is 0 Å². The quantitative estimate of drug-likeness (QED) is 0.247. The van der Waals surface area contributed by atoms with Crippen molar-refractivity contribution in [3.05, 3.63) is 64.2 Å². The van der Waals surface area contributed by atoms with Crippen LogP contribution in [-0.4, -0.2) is 17.0 Å². The molecular formula is C14H9Br2N3O3S2. The number of azide groups is 1. The van der Waals surface area contributed by atoms with Gasteiger partial charge in [0.05, 0.1) is 7.57 Å². The summed E-state index contributed by atoms with van der Waals surface area (Å²) in [6.07, 6.45) is 5.53. The molecule has 2 rings (SSSR count). The van der Waals surface area contributed by atoms with E-state index in [2.05, 4.69) is 41.9 Å². The Balaban J connectivity index is 0.000000243. The van der Waals surface area contributed by atoms with Gasteiger partial charge >= 0.3 is 5.97 Å². The lowest BCUT2D eigenvalue weighted by Gasteiger charge is -1.80. The smallest absolute Gasteiger partial charge is 0.328 e. The third-order valence-corrected chi connectivity index (χ3v) is 5.29. The third-order valence-electron chi connectivity index (χ3n) is 2.11. The summed E-state index contributed by atoms with van der Waals surface area (Å²) in [7, 11) is 0. The van der Waals surface area contributed by atoms with E-state index in [0.717, 1.165) is 23.4 Å². The summed E-state index contributed by atoms with van der Waals surface area (Å²) in [6, 6.07) is 7.47. The second-order valence-corrected chi connectivity index (χ2v) is 8.81. The molecule has 6 nitrogen and oxygen atoms in total. The Morgan fingerprint density at radius 3 is 1.92 bits per heavy atom. The SMILES string of the molecule is O=C(O)/C=C/c1ccc(Br)s1.[N-]=[N+]=NC(=O)/C=C/c1ccc(Br)s1. The first-order valence-electron chi connectivity index (χ1n) is 6.09. The zero-order valence-corrected chi connectivity index (χ0v) is 16.6. The molecule has 0 radical (unpaired) electrons. The molecule has 0 saturated carbocycles. The fourth-order valence-corrected chi connectivity index (χ4v) is 3.87. The van der Waals surface area contributed by atoms with Crippen molar-refractivity contribution in [2.24, 2.45) is 5.11 Å². The molecule has 0 aliphatic heterocycles. The Labute approximate surface area is 162 Å². The summed E-state index contributed by atoms with van der Waals surface area (Å²) in [5, 5.41) is 11.2. The number of nitrogens with zero attached hydrogens (tertiary/aromatic N) is 3. The number of carboxylic acids is 1. The van der Waals surface area contributed by atoms with Gasteiger partial charge in [0.1, 0.15) is 0 Å². The Bertz CT molecular complexity index is 821. The molecule has 0 atom stereocenters. The van der Waals surface area contributed by atoms with Crippen molar-refractivity contribution in [2.75, 3.05) is 0 Å². The fourth-order valence-electron chi connectivity index (χ4n) is 1.22. The fraction of sp³-hybridized carbons (Fsp3) is 0. The van der Waals surface area contributed by atoms with Gasteiger partial charge in [-0.05, 0) is 85.0 Å². The van der Waals surface area contributed by atoms with Crippen LogP contribution in [0.5, 0.6) is 0 Å². The average molecular weight is 491 g/mol. The van der Waals surface area contributed by atoms with Crippen LogP contribution in [0.4, 0.5) is 0 Å². The zero-order chi connectivity index (χ0) is 17.9. The van der Waals surface area contributed by atoms with Crippen molar-refractivity contribution < 1.29 is 14.7 Å². The minimum absolute atomic E-state index is 0.591. The third kappa shape index (κ3) is 8.80. The molecule has 0 aromatic carbocycles. The maximum absolute atomic E-state index is 10.7. The van der Waals surface area contributed by atoms with Gasteiger partial charge < -0.3 is 5.11 Å². The van der Waals surface area contributed by atoms with Gasteiger partial charge in [0.2, 0.25) is 5.91 Å². The van der Waals surface area contributed by atoms with Crippen molar-refractivity contribution in [3.8, 4) is 0 Å². The van der Waals surface area contributed by atoms with E-state index in [0.29, 0.717) is 0 Å². The lowest BCUT2D eigenvalue weighted by Crippen LogP contribution is -1.84. The molecule has 1 N–H and O–H groups in total. The molecule has 10 heteroatoms. The zero-order valence-electron chi connectivity index (χ0n) is 11.8. The standard InChI is InChI=1S/C7H4BrN3OS.C7H5BrO2S/c8-6-3-1-5(13-6)2-4-7(12)10-11-9;8-6-3-1-5(11-6)2-4-7(9)10/h1-4H;1-4H,(H,9,10)/b2*4-2+. The second kappa shape index (κ2) is 11.0. The van der Waals surface area contributed by atoms with Gasteiger partial charge in [0.25, 0.3) is 0 Å². The number of thiophene rings is 2. The number of halogens is 2. The van der Waals surface area contributed by atoms with Crippen molar-refractivity contribution in [2.45, 2.75) is 0 Å². The highest BCUT2D eigenvalue weighted by atomic mass is 79.9. The van der Waals surface area contributed by atoms with Gasteiger partial charge in [0.15, 0.2) is 0 Å². The van der Waals surface area contributed by atoms with Crippen LogP contribution in [0.3, 0.4) is 0 Å². The molecule has 0 spiro atoms. The maximum atomic E-state index is 10.7. The van der Waals surface area contributed by atoms with E-state index in [1.165, 1.54) is 28.7 Å². The number of carbonyl (C=O) groups is 2. The van der Waals surface area contributed by atoms with Crippen LogP contribution < -0.4 is 0 Å². The van der Waals surface area contributed by atoms with Crippen molar-refractivity contribution in [3.63, 3.8) is 0 Å². The number of carboxylic acid groups (broad SMARTS) is 1. The van der Waals surface area contributed by atoms with Crippen molar-refractivity contribution in [1.29, 1.82) is 0 Å². The molecule has 24 heavy (non-hydrogen) atoms. The van der Waals surface area contributed by atoms with Crippen molar-refractivity contribution in [1.82, 2.24) is 0 Å². The summed E-state index contributed by atoms with van der Waals surface area (Å²) >= 11 is 9.55. The minimum Gasteiger partial charge on any atom is -0.478 e. The van der Waals surface area contributed by atoms with Crippen LogP contribution >= 0.6 is 54.5 Å². The van der Waals surface area contributed by atoms with E-state index < -0.39 is 11.9 Å². The minimum atomic E-state index is -0.922. The second-order valence-electron chi connectivity index (χ2n) is 3.82. The number of rotatable bonds is 4. The predicted octanol–water partition coefficient (Wildman–Crippen LogP) is 5.97. The normalized spacial score (nSPS) is 10.2. The van der Waals surface area contributed by atoms with Crippen LogP contribution in [0.25, 0.3) is 22.6 Å². The molecule has 0 unspecified atom stereocenters. The molecule has 0 fully saturated rings. The van der Waals surface area contributed by atoms with Gasteiger partial charge in [-0.25, -0.2) is 4.79 Å². The van der Waals surface area contributed by atoms with E-state index >= 15 is 0 Å². The van der Waals surface area contributed by atoms with Gasteiger partial charge in [0, 0.05) is 20.7 Å². The molecule has 0 bridgehead atoms. The lowest BCUT2D eigenvalue weighted by molar-refractivity contribution is -0.131. The van der Waals surface area contributed by atoms with Gasteiger partial charge in [-0.3, -0.25) is 4.79 Å². The van der Waals surface area contributed by atoms with Crippen LogP contribution in [0.15, 0.2) is 49.1 Å². The number of hydrogen-bond donors (Lipinski definition) is 1. The van der Waals surface area contributed by atoms with E-state index in [1.807, 2.05) is 24.3 Å². The predicted molar refractivity (Wildman–Crippen MR) is 104 cm³/mol. The molecule has 0 aliphatic carbocycles. The van der Waals surface area contributed by atoms with Crippen LogP contribution in [0, 0.1) is 0 Å². The highest BCUT2D eigenvalue weighted by Crippen LogP contribution is 2.23. The molecule has 2 heterocycles. The maximum Gasteiger partial charge on any atom is 0.328 e. The molecule has 2 aromatic heterocycles. The van der Waals surface area contributed by atoms with E-state index in [9.17, 15) is 9.59 Å². The van der Waals surface area contributed by atoms with Gasteiger partial charge in [-0.2, -0.15) is 0 Å². The lowest BCUT2D eigenvalue weighted by atomic mass is 10.4. The Hall–Kier alpha value is -1.71. The summed E-state index contributed by atoms with van der Waals surface area (Å²) in [4.78, 5) is 25.0. The largest absolute Gasteiger partial charge is 0.478 e. The summed E-state index contributed by atoms with van der Waals surface area (Å²) in [5.74, 6) is -1.51. The molecular weight excluding hydrogens is 482 g/mol. The van der Waals surface area contributed by atoms with E-state index in [4.69, 9.17) is 10.6 Å². The number of carbonyl (C=O) groups excluding carboxylic acids is 1. The number of hydrogen-bond acceptors (Lipinski definition) is 4. The topological polar surface area (TPSA) is 103 Å². The van der Waals surface area contributed by atoms with Crippen LogP contribution in [0.2, 0.25) is 0 Å². The average Bonchev–Trinajstić information content (AvgIpc) is 3.12. The summed E-state index contributed by atoms with van der Waals surface area (Å²) in [6.45, 7) is 0. The van der Waals surface area contributed by atoms with Gasteiger partial charge in [-0.1, -0.05) is 0 Å². The molecule has 1 amide bonds. The highest BCUT2D eigenvalue weighted by Gasteiger charge is 1.94. The molecule has 124 valence electrons. The first-order valence-corrected chi connectivity index (χ1v) is 9.31. The first-order chi connectivity index (χ1) is 11.4. The Kier molecular flexibility index (Phi) is 9.28. The number of aliphatic carboxylic acids is 1. The Morgan fingerprint density at radius 1 is 1.04 bits per heavy atom. The van der Waals surface area contributed by atoms with Gasteiger partial charge in [-0.15, -0.1) is 22.7 Å². The first kappa shape index (κ1) is 20.3.